The van der Waals surface area contributed by atoms with E-state index in [2.05, 4.69) is 29.7 Å². The smallest absolute Gasteiger partial charge is 0.410 e. The highest BCUT2D eigenvalue weighted by molar-refractivity contribution is 6.30. The van der Waals surface area contributed by atoms with Crippen molar-refractivity contribution in [2.75, 3.05) is 13.2 Å². The first-order chi connectivity index (χ1) is 18.4. The third-order valence-electron chi connectivity index (χ3n) is 5.76. The Morgan fingerprint density at radius 3 is 2.62 bits per heavy atom. The lowest BCUT2D eigenvalue weighted by molar-refractivity contribution is 0.0223. The van der Waals surface area contributed by atoms with E-state index in [1.807, 2.05) is 52.0 Å². The number of rotatable bonds is 8. The van der Waals surface area contributed by atoms with Crippen LogP contribution in [0.2, 0.25) is 5.02 Å². The Kier molecular flexibility index (Phi) is 10.4. The Labute approximate surface area is 236 Å². The van der Waals surface area contributed by atoms with Gasteiger partial charge >= 0.3 is 6.09 Å². The fourth-order valence-corrected chi connectivity index (χ4v) is 4.12. The van der Waals surface area contributed by atoms with Crippen LogP contribution in [-0.4, -0.2) is 41.5 Å². The third-order valence-corrected chi connectivity index (χ3v) is 6.00. The van der Waals surface area contributed by atoms with Crippen molar-refractivity contribution in [2.24, 2.45) is 11.0 Å². The van der Waals surface area contributed by atoms with Crippen molar-refractivity contribution in [1.82, 2.24) is 15.6 Å². The van der Waals surface area contributed by atoms with Crippen LogP contribution >= 0.6 is 11.6 Å². The average molecular weight is 555 g/mol. The monoisotopic (exact) mass is 554 g/mol. The van der Waals surface area contributed by atoms with Gasteiger partial charge in [-0.05, 0) is 87.6 Å². The highest BCUT2D eigenvalue weighted by Crippen LogP contribution is 2.24. The minimum Gasteiger partial charge on any atom is -0.493 e. The van der Waals surface area contributed by atoms with Gasteiger partial charge in [0.05, 0.1) is 13.2 Å². The van der Waals surface area contributed by atoms with Crippen LogP contribution in [-0.2, 0) is 24.2 Å². The maximum atomic E-state index is 13.1. The number of amides is 2. The number of allylic oxidation sites excluding steroid dienone is 1. The third kappa shape index (κ3) is 9.32. The lowest BCUT2D eigenvalue weighted by Gasteiger charge is -2.31. The molecule has 2 N–H and O–H groups in total. The second-order valence-electron chi connectivity index (χ2n) is 10.9. The fraction of sp³-hybridized carbons (Fsp3) is 0.433. The lowest BCUT2D eigenvalue weighted by atomic mass is 9.97. The molecule has 8 nitrogen and oxygen atoms in total. The molecule has 0 aliphatic carbocycles. The normalized spacial score (nSPS) is 13.8. The molecule has 0 aromatic heterocycles. The maximum Gasteiger partial charge on any atom is 0.410 e. The summed E-state index contributed by atoms with van der Waals surface area (Å²) in [6, 6.07) is 11.0. The number of fused-ring (bicyclic) bond motifs is 1. The Bertz CT molecular complexity index is 1230. The van der Waals surface area contributed by atoms with Crippen molar-refractivity contribution < 1.29 is 19.1 Å². The van der Waals surface area contributed by atoms with Gasteiger partial charge in [0.1, 0.15) is 11.4 Å². The van der Waals surface area contributed by atoms with Gasteiger partial charge in [-0.2, -0.15) is 5.10 Å². The Hall–Kier alpha value is -3.52. The van der Waals surface area contributed by atoms with Crippen molar-refractivity contribution in [3.8, 4) is 5.75 Å². The molecular formula is C30H39ClN4O4. The molecule has 3 rings (SSSR count). The summed E-state index contributed by atoms with van der Waals surface area (Å²) in [5, 5.41) is 7.85. The zero-order valence-corrected chi connectivity index (χ0v) is 24.4. The number of hydrogen-bond donors (Lipinski definition) is 2. The summed E-state index contributed by atoms with van der Waals surface area (Å²) in [5.74, 6) is 1.24. The van der Waals surface area contributed by atoms with E-state index in [1.165, 1.54) is 0 Å². The molecule has 210 valence electrons. The summed E-state index contributed by atoms with van der Waals surface area (Å²) in [7, 11) is 0. The van der Waals surface area contributed by atoms with Crippen LogP contribution in [0.1, 0.15) is 68.6 Å². The molecule has 1 aliphatic rings. The minimum absolute atomic E-state index is 0.269. The Balaban J connectivity index is 1.65. The molecule has 1 heterocycles. The lowest BCUT2D eigenvalue weighted by Crippen LogP contribution is -2.40. The fourth-order valence-electron chi connectivity index (χ4n) is 3.92. The van der Waals surface area contributed by atoms with Gasteiger partial charge in [-0.25, -0.2) is 4.79 Å². The van der Waals surface area contributed by atoms with E-state index in [0.717, 1.165) is 22.4 Å². The van der Waals surface area contributed by atoms with Crippen molar-refractivity contribution in [3.63, 3.8) is 0 Å². The molecule has 2 aromatic rings. The number of nitrogens with one attached hydrogen (secondary N) is 2. The van der Waals surface area contributed by atoms with Gasteiger partial charge in [0.15, 0.2) is 5.84 Å². The number of halogens is 1. The summed E-state index contributed by atoms with van der Waals surface area (Å²) < 4.78 is 11.4. The second-order valence-corrected chi connectivity index (χ2v) is 11.3. The Morgan fingerprint density at radius 2 is 1.92 bits per heavy atom. The van der Waals surface area contributed by atoms with Gasteiger partial charge in [0, 0.05) is 29.2 Å². The zero-order chi connectivity index (χ0) is 28.6. The molecular weight excluding hydrogens is 516 g/mol. The molecule has 0 spiro atoms. The number of carbonyl (C=O) groups is 2. The summed E-state index contributed by atoms with van der Waals surface area (Å²) >= 11 is 6.19. The first-order valence-corrected chi connectivity index (χ1v) is 13.6. The molecule has 2 amide bonds. The minimum atomic E-state index is -0.543. The zero-order valence-electron chi connectivity index (χ0n) is 23.6. The van der Waals surface area contributed by atoms with Gasteiger partial charge in [0.2, 0.25) is 0 Å². The summed E-state index contributed by atoms with van der Waals surface area (Å²) in [6.45, 7) is 13.5. The largest absolute Gasteiger partial charge is 0.493 e. The van der Waals surface area contributed by atoms with Crippen LogP contribution in [0.5, 0.6) is 5.75 Å². The second kappa shape index (κ2) is 13.5. The van der Waals surface area contributed by atoms with Crippen LogP contribution in [0.25, 0.3) is 0 Å². The van der Waals surface area contributed by atoms with Crippen molar-refractivity contribution in [2.45, 2.75) is 66.7 Å². The molecule has 0 bridgehead atoms. The first-order valence-electron chi connectivity index (χ1n) is 13.2. The van der Waals surface area contributed by atoms with Crippen LogP contribution in [0.3, 0.4) is 0 Å². The van der Waals surface area contributed by atoms with E-state index < -0.39 is 5.60 Å². The number of carbonyl (C=O) groups excluding carboxylic acids is 2. The summed E-state index contributed by atoms with van der Waals surface area (Å²) in [5.41, 5.74) is 5.91. The van der Waals surface area contributed by atoms with Gasteiger partial charge in [-0.1, -0.05) is 37.6 Å². The van der Waals surface area contributed by atoms with Crippen molar-refractivity contribution in [3.05, 3.63) is 75.8 Å². The van der Waals surface area contributed by atoms with Crippen LogP contribution in [0.15, 0.2) is 53.7 Å². The van der Waals surface area contributed by atoms with Crippen LogP contribution < -0.4 is 15.5 Å². The molecule has 0 fully saturated rings. The van der Waals surface area contributed by atoms with Crippen molar-refractivity contribution in [1.29, 1.82) is 0 Å². The van der Waals surface area contributed by atoms with Crippen LogP contribution in [0.4, 0.5) is 4.79 Å². The first kappa shape index (κ1) is 30.0. The number of hydrazone groups is 1. The van der Waals surface area contributed by atoms with Gasteiger partial charge < -0.3 is 25.1 Å². The molecule has 39 heavy (non-hydrogen) atoms. The van der Waals surface area contributed by atoms with E-state index in [1.54, 1.807) is 29.2 Å². The number of benzene rings is 2. The van der Waals surface area contributed by atoms with E-state index in [4.69, 9.17) is 21.1 Å². The Morgan fingerprint density at radius 1 is 1.15 bits per heavy atom. The predicted octanol–water partition coefficient (Wildman–Crippen LogP) is 6.08. The topological polar surface area (TPSA) is 92.3 Å². The molecule has 0 atom stereocenters. The molecule has 9 heteroatoms. The number of hydrogen-bond acceptors (Lipinski definition) is 6. The molecule has 2 aromatic carbocycles. The van der Waals surface area contributed by atoms with Gasteiger partial charge in [-0.15, -0.1) is 0 Å². The number of ether oxygens (including phenoxy) is 2. The van der Waals surface area contributed by atoms with E-state index in [-0.39, 0.29) is 12.0 Å². The standard InChI is InChI=1S/C30H39ClN4O4/c1-7-8-27(34-32-17-24-16-25(31)11-12-26(24)38-19-20(2)3)33-28(36)22-9-10-23-18-35(14-13-21(23)15-22)29(37)39-30(4,5)6/h7-12,15-16,20,32H,13-14,17-19H2,1-6H3,(H,33,34,36)/b8-7+. The van der Waals surface area contributed by atoms with Gasteiger partial charge in [-0.3, -0.25) is 4.79 Å². The molecule has 0 saturated heterocycles. The summed E-state index contributed by atoms with van der Waals surface area (Å²) in [6.07, 6.45) is 3.84. The molecule has 0 saturated carbocycles. The van der Waals surface area contributed by atoms with Crippen molar-refractivity contribution >= 4 is 29.4 Å². The highest BCUT2D eigenvalue weighted by Gasteiger charge is 2.26. The van der Waals surface area contributed by atoms with E-state index >= 15 is 0 Å². The van der Waals surface area contributed by atoms with E-state index in [9.17, 15) is 9.59 Å². The van der Waals surface area contributed by atoms with Crippen LogP contribution in [0, 0.1) is 5.92 Å². The number of nitrogens with zero attached hydrogens (tertiary/aromatic N) is 2. The van der Waals surface area contributed by atoms with E-state index in [0.29, 0.717) is 55.0 Å². The predicted molar refractivity (Wildman–Crippen MR) is 155 cm³/mol. The van der Waals surface area contributed by atoms with Gasteiger partial charge in [0.25, 0.3) is 5.91 Å². The highest BCUT2D eigenvalue weighted by atomic mass is 35.5. The maximum absolute atomic E-state index is 13.1. The quantitative estimate of drug-likeness (QED) is 0.234. The summed E-state index contributed by atoms with van der Waals surface area (Å²) in [4.78, 5) is 27.2. The SMILES string of the molecule is C/C=C/C(=N\NCc1cc(Cl)ccc1OCC(C)C)NC(=O)c1ccc2c(c1)CCN(C(=O)OC(C)(C)C)C2. The number of amidine groups is 1. The molecule has 1 aliphatic heterocycles. The molecule has 0 radical (unpaired) electrons. The average Bonchev–Trinajstić information content (AvgIpc) is 2.86. The molecule has 0 unspecified atom stereocenters.